The number of hydrogen-bond donors (Lipinski definition) is 0. The lowest BCUT2D eigenvalue weighted by Crippen LogP contribution is -2.01. The number of nitrogens with zero attached hydrogens (tertiary/aromatic N) is 6. The van der Waals surface area contributed by atoms with Crippen LogP contribution in [0.4, 0.5) is 5.69 Å². The van der Waals surface area contributed by atoms with Crippen LogP contribution >= 0.6 is 11.8 Å². The summed E-state index contributed by atoms with van der Waals surface area (Å²) in [6.07, 6.45) is 1.32. The molecule has 0 aliphatic carbocycles. The van der Waals surface area contributed by atoms with Gasteiger partial charge in [0.1, 0.15) is 0 Å². The zero-order valence-corrected chi connectivity index (χ0v) is 14.4. The molecule has 0 saturated carbocycles. The van der Waals surface area contributed by atoms with Crippen LogP contribution in [0.2, 0.25) is 0 Å². The topological polar surface area (TPSA) is 111 Å². The van der Waals surface area contributed by atoms with Gasteiger partial charge in [0.2, 0.25) is 5.16 Å². The Hall–Kier alpha value is -3.51. The molecule has 9 heteroatoms. The highest BCUT2D eigenvalue weighted by molar-refractivity contribution is 8.08. The van der Waals surface area contributed by atoms with E-state index in [9.17, 15) is 10.1 Å². The molecule has 0 aliphatic rings. The Morgan fingerprint density at radius 1 is 1.31 bits per heavy atom. The van der Waals surface area contributed by atoms with Crippen LogP contribution in [0.25, 0.3) is 10.6 Å². The summed E-state index contributed by atoms with van der Waals surface area (Å²) in [5, 5.41) is 32.3. The lowest BCUT2D eigenvalue weighted by atomic mass is 10.2. The quantitative estimate of drug-likeness (QED) is 0.295. The number of non-ortho nitro benzene ring substituents is 1. The highest BCUT2D eigenvalue weighted by atomic mass is 32.2. The van der Waals surface area contributed by atoms with Gasteiger partial charge >= 0.3 is 0 Å². The fourth-order valence-electron chi connectivity index (χ4n) is 2.30. The third-order valence-electron chi connectivity index (χ3n) is 3.52. The van der Waals surface area contributed by atoms with Crippen molar-refractivity contribution >= 4 is 22.4 Å². The van der Waals surface area contributed by atoms with Crippen molar-refractivity contribution in [2.24, 2.45) is 0 Å². The minimum Gasteiger partial charge on any atom is -0.258 e. The fourth-order valence-corrected chi connectivity index (χ4v) is 3.15. The van der Waals surface area contributed by atoms with E-state index in [-0.39, 0.29) is 5.69 Å². The molecule has 0 unspecified atom stereocenters. The van der Waals surface area contributed by atoms with Gasteiger partial charge in [-0.05, 0) is 46.3 Å². The number of rotatable bonds is 5. The second kappa shape index (κ2) is 7.58. The van der Waals surface area contributed by atoms with Crippen LogP contribution in [0, 0.1) is 28.4 Å². The van der Waals surface area contributed by atoms with E-state index < -0.39 is 4.92 Å². The Balaban J connectivity index is 1.99. The molecule has 0 N–H and O–H groups in total. The first-order chi connectivity index (χ1) is 12.6. The van der Waals surface area contributed by atoms with Crippen molar-refractivity contribution in [2.45, 2.75) is 12.1 Å². The fraction of sp³-hybridized carbons (Fsp3) is 0.0588. The molecule has 0 spiro atoms. The SMILES string of the molecule is Cc1ccccc1-n1nnnc1S/C(=C\C#N)c1cccc([N+](=O)[O-])c1. The second-order valence-corrected chi connectivity index (χ2v) is 6.22. The number of nitro groups is 1. The largest absolute Gasteiger partial charge is 0.270 e. The van der Waals surface area contributed by atoms with Crippen molar-refractivity contribution < 1.29 is 4.92 Å². The monoisotopic (exact) mass is 364 g/mol. The molecule has 3 rings (SSSR count). The lowest BCUT2D eigenvalue weighted by Gasteiger charge is -2.09. The van der Waals surface area contributed by atoms with E-state index in [1.165, 1.54) is 30.0 Å². The van der Waals surface area contributed by atoms with Gasteiger partial charge in [-0.1, -0.05) is 30.3 Å². The predicted octanol–water partition coefficient (Wildman–Crippen LogP) is 3.54. The third kappa shape index (κ3) is 3.60. The summed E-state index contributed by atoms with van der Waals surface area (Å²) in [5.41, 5.74) is 2.30. The van der Waals surface area contributed by atoms with E-state index in [4.69, 9.17) is 5.26 Å². The van der Waals surface area contributed by atoms with Gasteiger partial charge in [-0.15, -0.1) is 5.10 Å². The Morgan fingerprint density at radius 3 is 2.85 bits per heavy atom. The first-order valence-electron chi connectivity index (χ1n) is 7.47. The number of hydrogen-bond acceptors (Lipinski definition) is 7. The van der Waals surface area contributed by atoms with E-state index >= 15 is 0 Å². The maximum Gasteiger partial charge on any atom is 0.270 e. The summed E-state index contributed by atoms with van der Waals surface area (Å²) in [6.45, 7) is 1.94. The zero-order valence-electron chi connectivity index (χ0n) is 13.6. The molecule has 26 heavy (non-hydrogen) atoms. The molecule has 1 heterocycles. The maximum absolute atomic E-state index is 11.0. The molecule has 1 aromatic heterocycles. The van der Waals surface area contributed by atoms with Crippen LogP contribution in [0.1, 0.15) is 11.1 Å². The van der Waals surface area contributed by atoms with Gasteiger partial charge in [-0.3, -0.25) is 10.1 Å². The molecule has 0 saturated heterocycles. The van der Waals surface area contributed by atoms with Gasteiger partial charge in [-0.2, -0.15) is 9.94 Å². The highest BCUT2D eigenvalue weighted by Crippen LogP contribution is 2.35. The van der Waals surface area contributed by atoms with Crippen molar-refractivity contribution in [3.63, 3.8) is 0 Å². The van der Waals surface area contributed by atoms with Crippen LogP contribution in [-0.4, -0.2) is 25.1 Å². The molecule has 0 atom stereocenters. The van der Waals surface area contributed by atoms with Crippen molar-refractivity contribution in [3.8, 4) is 11.8 Å². The number of aryl methyl sites for hydroxylation is 1. The van der Waals surface area contributed by atoms with Gasteiger partial charge in [0.25, 0.3) is 5.69 Å². The highest BCUT2D eigenvalue weighted by Gasteiger charge is 2.16. The molecular formula is C17H12N6O2S. The molecule has 8 nitrogen and oxygen atoms in total. The van der Waals surface area contributed by atoms with Crippen molar-refractivity contribution in [2.75, 3.05) is 0 Å². The molecule has 0 aliphatic heterocycles. The maximum atomic E-state index is 11.0. The first kappa shape index (κ1) is 17.3. The molecule has 0 fully saturated rings. The zero-order chi connectivity index (χ0) is 18.5. The summed E-state index contributed by atoms with van der Waals surface area (Å²) in [7, 11) is 0. The van der Waals surface area contributed by atoms with Crippen LogP contribution in [0.3, 0.4) is 0 Å². The van der Waals surface area contributed by atoms with Crippen molar-refractivity contribution in [1.29, 1.82) is 5.26 Å². The minimum absolute atomic E-state index is 0.0505. The van der Waals surface area contributed by atoms with Crippen molar-refractivity contribution in [1.82, 2.24) is 20.2 Å². The van der Waals surface area contributed by atoms with Crippen LogP contribution in [0.5, 0.6) is 0 Å². The number of nitriles is 1. The Kier molecular flexibility index (Phi) is 5.05. The second-order valence-electron chi connectivity index (χ2n) is 5.21. The average molecular weight is 364 g/mol. The summed E-state index contributed by atoms with van der Waals surface area (Å²) in [5.74, 6) is 0. The third-order valence-corrected chi connectivity index (χ3v) is 4.53. The number of tetrazole rings is 1. The van der Waals surface area contributed by atoms with Gasteiger partial charge in [0.15, 0.2) is 0 Å². The molecule has 0 radical (unpaired) electrons. The number of aromatic nitrogens is 4. The molecule has 2 aromatic carbocycles. The summed E-state index contributed by atoms with van der Waals surface area (Å²) in [4.78, 5) is 11.0. The number of para-hydroxylation sites is 1. The van der Waals surface area contributed by atoms with E-state index in [0.717, 1.165) is 11.3 Å². The van der Waals surface area contributed by atoms with Crippen LogP contribution in [0.15, 0.2) is 59.8 Å². The summed E-state index contributed by atoms with van der Waals surface area (Å²) in [6, 6.07) is 15.7. The Morgan fingerprint density at radius 2 is 2.12 bits per heavy atom. The molecule has 3 aromatic rings. The van der Waals surface area contributed by atoms with E-state index in [2.05, 4.69) is 15.5 Å². The number of nitro benzene ring substituents is 1. The number of benzene rings is 2. The van der Waals surface area contributed by atoms with Crippen molar-refractivity contribution in [3.05, 3.63) is 75.8 Å². The normalized spacial score (nSPS) is 11.2. The predicted molar refractivity (Wildman–Crippen MR) is 96.4 cm³/mol. The Bertz CT molecular complexity index is 1040. The lowest BCUT2D eigenvalue weighted by molar-refractivity contribution is -0.384. The standard InChI is InChI=1S/C17H12N6O2S/c1-12-5-2-3-8-15(12)22-17(19-20-21-22)26-16(9-10-18)13-6-4-7-14(11-13)23(24)25/h2-9,11H,1H3/b16-9-. The van der Waals surface area contributed by atoms with Gasteiger partial charge in [-0.25, -0.2) is 0 Å². The average Bonchev–Trinajstić information content (AvgIpc) is 3.10. The summed E-state index contributed by atoms with van der Waals surface area (Å²) < 4.78 is 1.57. The van der Waals surface area contributed by atoms with Crippen LogP contribution < -0.4 is 0 Å². The molecule has 0 bridgehead atoms. The van der Waals surface area contributed by atoms with E-state index in [1.807, 2.05) is 37.3 Å². The smallest absolute Gasteiger partial charge is 0.258 e. The van der Waals surface area contributed by atoms with E-state index in [1.54, 1.807) is 16.8 Å². The molecular weight excluding hydrogens is 352 g/mol. The van der Waals surface area contributed by atoms with Gasteiger partial charge in [0.05, 0.1) is 16.7 Å². The summed E-state index contributed by atoms with van der Waals surface area (Å²) >= 11 is 1.17. The van der Waals surface area contributed by atoms with Gasteiger partial charge in [0, 0.05) is 23.1 Å². The molecule has 0 amide bonds. The van der Waals surface area contributed by atoms with Crippen LogP contribution in [-0.2, 0) is 0 Å². The Labute approximate surface area is 152 Å². The van der Waals surface area contributed by atoms with Gasteiger partial charge < -0.3 is 0 Å². The first-order valence-corrected chi connectivity index (χ1v) is 8.28. The number of thioether (sulfide) groups is 1. The van der Waals surface area contributed by atoms with E-state index in [0.29, 0.717) is 15.6 Å². The minimum atomic E-state index is -0.477. The number of allylic oxidation sites excluding steroid dienone is 1. The molecule has 128 valence electrons.